The fraction of sp³-hybridized carbons (Fsp3) is 0.500. The average Bonchev–Trinajstić information content (AvgIpc) is 2.56. The van der Waals surface area contributed by atoms with Gasteiger partial charge in [-0.2, -0.15) is 0 Å². The first-order valence-electron chi connectivity index (χ1n) is 7.78. The molecule has 2 N–H and O–H groups in total. The smallest absolute Gasteiger partial charge is 0.311 e. The predicted octanol–water partition coefficient (Wildman–Crippen LogP) is 2.76. The Balaban J connectivity index is 2.34. The minimum atomic E-state index is -0.782. The van der Waals surface area contributed by atoms with Gasteiger partial charge in [-0.1, -0.05) is 19.3 Å². The van der Waals surface area contributed by atoms with Crippen molar-refractivity contribution in [3.8, 4) is 5.75 Å². The number of amides is 1. The first-order valence-corrected chi connectivity index (χ1v) is 7.78. The maximum atomic E-state index is 12.0. The number of ether oxygens (including phenoxy) is 1. The monoisotopic (exact) mass is 338 g/mol. The normalized spacial score (nSPS) is 10.2. The van der Waals surface area contributed by atoms with Crippen LogP contribution in [0.3, 0.4) is 0 Å². The molecule has 0 radical (unpaired) electrons. The lowest BCUT2D eigenvalue weighted by molar-refractivity contribution is -0.385. The number of carbonyl (C=O) groups excluding carboxylic acids is 1. The molecule has 1 aromatic rings. The Hall–Kier alpha value is -2.64. The van der Waals surface area contributed by atoms with Crippen molar-refractivity contribution >= 4 is 17.6 Å². The molecule has 0 heterocycles. The number of nitro groups is 1. The highest BCUT2D eigenvalue weighted by atomic mass is 16.6. The SMILES string of the molecule is COc1ccc(C(=O)NCCCCCCCC(=O)O)cc1[N+](=O)[O-]. The number of rotatable bonds is 11. The van der Waals surface area contributed by atoms with E-state index in [1.165, 1.54) is 25.3 Å². The fourth-order valence-electron chi connectivity index (χ4n) is 2.21. The van der Waals surface area contributed by atoms with Gasteiger partial charge in [0.05, 0.1) is 12.0 Å². The zero-order valence-corrected chi connectivity index (χ0v) is 13.6. The minimum absolute atomic E-state index is 0.109. The van der Waals surface area contributed by atoms with Gasteiger partial charge in [0.1, 0.15) is 0 Å². The molecule has 0 saturated carbocycles. The molecule has 1 rings (SSSR count). The second-order valence-corrected chi connectivity index (χ2v) is 5.31. The van der Waals surface area contributed by atoms with Crippen LogP contribution in [0.2, 0.25) is 0 Å². The molecule has 0 atom stereocenters. The standard InChI is InChI=1S/C16H22N2O6/c1-24-14-9-8-12(11-13(14)18(22)23)16(21)17-10-6-4-2-3-5-7-15(19)20/h8-9,11H,2-7,10H2,1H3,(H,17,21)(H,19,20). The lowest BCUT2D eigenvalue weighted by Crippen LogP contribution is -2.24. The summed E-state index contributed by atoms with van der Waals surface area (Å²) in [6.45, 7) is 0.470. The summed E-state index contributed by atoms with van der Waals surface area (Å²) >= 11 is 0. The highest BCUT2D eigenvalue weighted by Crippen LogP contribution is 2.27. The zero-order valence-electron chi connectivity index (χ0n) is 13.6. The summed E-state index contributed by atoms with van der Waals surface area (Å²) in [6.07, 6.45) is 4.28. The molecule has 0 spiro atoms. The van der Waals surface area contributed by atoms with Crippen LogP contribution in [-0.2, 0) is 4.79 Å². The average molecular weight is 338 g/mol. The third-order valence-electron chi connectivity index (χ3n) is 3.49. The lowest BCUT2D eigenvalue weighted by atomic mass is 10.1. The number of nitro benzene ring substituents is 1. The Bertz CT molecular complexity index is 588. The van der Waals surface area contributed by atoms with Gasteiger partial charge in [-0.25, -0.2) is 0 Å². The molecule has 0 aromatic heterocycles. The van der Waals surface area contributed by atoms with Crippen molar-refractivity contribution in [2.45, 2.75) is 38.5 Å². The van der Waals surface area contributed by atoms with E-state index < -0.39 is 10.9 Å². The molecule has 0 aliphatic carbocycles. The number of aliphatic carboxylic acids is 1. The van der Waals surface area contributed by atoms with E-state index in [4.69, 9.17) is 9.84 Å². The molecule has 8 nitrogen and oxygen atoms in total. The van der Waals surface area contributed by atoms with Crippen molar-refractivity contribution in [3.63, 3.8) is 0 Å². The van der Waals surface area contributed by atoms with Crippen LogP contribution in [0.5, 0.6) is 5.75 Å². The van der Waals surface area contributed by atoms with Crippen LogP contribution in [0.4, 0.5) is 5.69 Å². The number of nitrogens with one attached hydrogen (secondary N) is 1. The number of benzene rings is 1. The fourth-order valence-corrected chi connectivity index (χ4v) is 2.21. The van der Waals surface area contributed by atoms with Crippen molar-refractivity contribution < 1.29 is 24.4 Å². The third-order valence-corrected chi connectivity index (χ3v) is 3.49. The molecule has 0 saturated heterocycles. The number of carboxylic acids is 1. The molecule has 0 bridgehead atoms. The van der Waals surface area contributed by atoms with E-state index >= 15 is 0 Å². The second-order valence-electron chi connectivity index (χ2n) is 5.31. The van der Waals surface area contributed by atoms with Crippen LogP contribution in [0, 0.1) is 10.1 Å². The minimum Gasteiger partial charge on any atom is -0.490 e. The van der Waals surface area contributed by atoms with Crippen molar-refractivity contribution in [1.82, 2.24) is 5.32 Å². The molecule has 132 valence electrons. The zero-order chi connectivity index (χ0) is 17.9. The first-order chi connectivity index (χ1) is 11.5. The summed E-state index contributed by atoms with van der Waals surface area (Å²) in [5, 5.41) is 22.2. The summed E-state index contributed by atoms with van der Waals surface area (Å²) in [6, 6.07) is 4.07. The van der Waals surface area contributed by atoms with Gasteiger partial charge in [-0.05, 0) is 25.0 Å². The molecule has 1 amide bonds. The van der Waals surface area contributed by atoms with E-state index in [-0.39, 0.29) is 29.3 Å². The third kappa shape index (κ3) is 6.64. The van der Waals surface area contributed by atoms with Crippen LogP contribution in [0.25, 0.3) is 0 Å². The summed E-state index contributed by atoms with van der Waals surface area (Å²) in [5.41, 5.74) is -0.0347. The molecule has 0 aliphatic rings. The summed E-state index contributed by atoms with van der Waals surface area (Å²) < 4.78 is 4.89. The van der Waals surface area contributed by atoms with E-state index in [0.29, 0.717) is 13.0 Å². The molecule has 0 fully saturated rings. The van der Waals surface area contributed by atoms with E-state index in [0.717, 1.165) is 25.7 Å². The van der Waals surface area contributed by atoms with Gasteiger partial charge in [-0.3, -0.25) is 19.7 Å². The Morgan fingerprint density at radius 2 is 1.88 bits per heavy atom. The first kappa shape index (κ1) is 19.4. The Morgan fingerprint density at radius 3 is 2.50 bits per heavy atom. The van der Waals surface area contributed by atoms with Crippen molar-refractivity contribution in [2.75, 3.05) is 13.7 Å². The molecule has 8 heteroatoms. The molecule has 24 heavy (non-hydrogen) atoms. The Kier molecular flexibility index (Phi) is 8.24. The van der Waals surface area contributed by atoms with E-state index in [1.54, 1.807) is 0 Å². The maximum absolute atomic E-state index is 12.0. The van der Waals surface area contributed by atoms with Crippen molar-refractivity contribution in [1.29, 1.82) is 0 Å². The topological polar surface area (TPSA) is 119 Å². The maximum Gasteiger partial charge on any atom is 0.311 e. The highest BCUT2D eigenvalue weighted by Gasteiger charge is 2.17. The van der Waals surface area contributed by atoms with Crippen LogP contribution in [0.1, 0.15) is 48.9 Å². The molecular formula is C16H22N2O6. The van der Waals surface area contributed by atoms with Gasteiger partial charge in [0.25, 0.3) is 5.91 Å². The van der Waals surface area contributed by atoms with Gasteiger partial charge < -0.3 is 15.2 Å². The molecule has 0 aliphatic heterocycles. The van der Waals surface area contributed by atoms with Crippen molar-refractivity contribution in [2.24, 2.45) is 0 Å². The number of hydrogen-bond acceptors (Lipinski definition) is 5. The van der Waals surface area contributed by atoms with Crippen LogP contribution in [-0.4, -0.2) is 35.6 Å². The summed E-state index contributed by atoms with van der Waals surface area (Å²) in [5.74, 6) is -1.04. The number of carboxylic acid groups (broad SMARTS) is 1. The van der Waals surface area contributed by atoms with Gasteiger partial charge in [0.15, 0.2) is 5.75 Å². The number of nitrogens with zero attached hydrogens (tertiary/aromatic N) is 1. The Labute approximate surface area is 140 Å². The largest absolute Gasteiger partial charge is 0.490 e. The van der Waals surface area contributed by atoms with Gasteiger partial charge in [0, 0.05) is 24.6 Å². The number of hydrogen-bond donors (Lipinski definition) is 2. The van der Waals surface area contributed by atoms with E-state index in [9.17, 15) is 19.7 Å². The highest BCUT2D eigenvalue weighted by molar-refractivity contribution is 5.95. The predicted molar refractivity (Wildman–Crippen MR) is 87.3 cm³/mol. The van der Waals surface area contributed by atoms with Crippen LogP contribution < -0.4 is 10.1 Å². The van der Waals surface area contributed by atoms with E-state index in [1.807, 2.05) is 0 Å². The number of methoxy groups -OCH3 is 1. The van der Waals surface area contributed by atoms with Crippen LogP contribution in [0.15, 0.2) is 18.2 Å². The molecule has 1 aromatic carbocycles. The van der Waals surface area contributed by atoms with Crippen LogP contribution >= 0.6 is 0 Å². The van der Waals surface area contributed by atoms with Gasteiger partial charge >= 0.3 is 11.7 Å². The quantitative estimate of drug-likeness (QED) is 0.364. The molecule has 0 unspecified atom stereocenters. The van der Waals surface area contributed by atoms with E-state index in [2.05, 4.69) is 5.32 Å². The van der Waals surface area contributed by atoms with Gasteiger partial charge in [-0.15, -0.1) is 0 Å². The summed E-state index contributed by atoms with van der Waals surface area (Å²) in [7, 11) is 1.33. The lowest BCUT2D eigenvalue weighted by Gasteiger charge is -2.07. The number of unbranched alkanes of at least 4 members (excludes halogenated alkanes) is 4. The van der Waals surface area contributed by atoms with Crippen molar-refractivity contribution in [3.05, 3.63) is 33.9 Å². The second kappa shape index (κ2) is 10.2. The Morgan fingerprint density at radius 1 is 1.21 bits per heavy atom. The molecular weight excluding hydrogens is 316 g/mol. The van der Waals surface area contributed by atoms with Gasteiger partial charge in [0.2, 0.25) is 0 Å². The number of carbonyl (C=O) groups is 2. The summed E-state index contributed by atoms with van der Waals surface area (Å²) in [4.78, 5) is 32.7.